The molecule has 0 spiro atoms. The quantitative estimate of drug-likeness (QED) is 0.859. The van der Waals surface area contributed by atoms with Gasteiger partial charge in [-0.05, 0) is 26.0 Å². The Morgan fingerprint density at radius 3 is 2.67 bits per heavy atom. The summed E-state index contributed by atoms with van der Waals surface area (Å²) in [5, 5.41) is 5.86. The highest BCUT2D eigenvalue weighted by Crippen LogP contribution is 2.33. The van der Waals surface area contributed by atoms with E-state index in [1.165, 1.54) is 0 Å². The second-order valence-corrected chi connectivity index (χ2v) is 5.03. The topological polar surface area (TPSA) is 50.4 Å². The van der Waals surface area contributed by atoms with Crippen molar-refractivity contribution in [3.8, 4) is 5.75 Å². The fraction of sp³-hybridized carbons (Fsp3) is 0.500. The van der Waals surface area contributed by atoms with Gasteiger partial charge in [0.2, 0.25) is 5.91 Å². The summed E-state index contributed by atoms with van der Waals surface area (Å²) in [6.07, 6.45) is 0.153. The van der Waals surface area contributed by atoms with Crippen molar-refractivity contribution in [1.29, 1.82) is 0 Å². The van der Waals surface area contributed by atoms with Crippen molar-refractivity contribution in [3.05, 3.63) is 23.8 Å². The minimum Gasteiger partial charge on any atom is -0.490 e. The van der Waals surface area contributed by atoms with Gasteiger partial charge in [0.05, 0.1) is 6.10 Å². The smallest absolute Gasteiger partial charge is 0.246 e. The minimum absolute atomic E-state index is 0.0124. The van der Waals surface area contributed by atoms with E-state index in [4.69, 9.17) is 4.74 Å². The number of carbonyl (C=O) groups excluding carboxylic acids is 1. The van der Waals surface area contributed by atoms with Gasteiger partial charge in [0.25, 0.3) is 0 Å². The van der Waals surface area contributed by atoms with Crippen LogP contribution in [0, 0.1) is 5.92 Å². The summed E-state index contributed by atoms with van der Waals surface area (Å²) in [7, 11) is 1.78. The third-order valence-electron chi connectivity index (χ3n) is 3.41. The van der Waals surface area contributed by atoms with Crippen LogP contribution in [0.5, 0.6) is 5.75 Å². The van der Waals surface area contributed by atoms with Gasteiger partial charge in [-0.25, -0.2) is 0 Å². The van der Waals surface area contributed by atoms with Gasteiger partial charge in [0, 0.05) is 17.3 Å². The first-order valence-electron chi connectivity index (χ1n) is 6.31. The van der Waals surface area contributed by atoms with E-state index in [1.54, 1.807) is 7.05 Å². The van der Waals surface area contributed by atoms with Crippen molar-refractivity contribution < 1.29 is 9.53 Å². The van der Waals surface area contributed by atoms with E-state index >= 15 is 0 Å². The SMILES string of the molecule is CNC1C(=O)Nc2cc(OC(C)C(C)C)ccc21. The van der Waals surface area contributed by atoms with Crippen molar-refractivity contribution in [3.63, 3.8) is 0 Å². The van der Waals surface area contributed by atoms with Gasteiger partial charge < -0.3 is 15.4 Å². The molecule has 1 aliphatic rings. The fourth-order valence-corrected chi connectivity index (χ4v) is 1.95. The Labute approximate surface area is 108 Å². The molecule has 1 amide bonds. The van der Waals surface area contributed by atoms with Crippen LogP contribution in [-0.4, -0.2) is 19.1 Å². The first-order chi connectivity index (χ1) is 8.52. The lowest BCUT2D eigenvalue weighted by Crippen LogP contribution is -2.23. The summed E-state index contributed by atoms with van der Waals surface area (Å²) < 4.78 is 5.83. The number of amides is 1. The molecule has 18 heavy (non-hydrogen) atoms. The van der Waals surface area contributed by atoms with Crippen LogP contribution >= 0.6 is 0 Å². The predicted octanol–water partition coefficient (Wildman–Crippen LogP) is 2.32. The Hall–Kier alpha value is -1.55. The monoisotopic (exact) mass is 248 g/mol. The van der Waals surface area contributed by atoms with Crippen molar-refractivity contribution in [2.45, 2.75) is 32.9 Å². The molecule has 0 fully saturated rings. The van der Waals surface area contributed by atoms with Crippen molar-refractivity contribution >= 4 is 11.6 Å². The van der Waals surface area contributed by atoms with E-state index in [0.717, 1.165) is 17.0 Å². The molecule has 4 heteroatoms. The Morgan fingerprint density at radius 2 is 2.06 bits per heavy atom. The lowest BCUT2D eigenvalue weighted by molar-refractivity contribution is -0.117. The molecule has 1 aromatic rings. The molecule has 1 aliphatic heterocycles. The van der Waals surface area contributed by atoms with Gasteiger partial charge in [-0.2, -0.15) is 0 Å². The number of benzene rings is 1. The maximum atomic E-state index is 11.7. The molecule has 2 unspecified atom stereocenters. The number of nitrogens with one attached hydrogen (secondary N) is 2. The zero-order valence-electron chi connectivity index (χ0n) is 11.3. The molecular formula is C14H20N2O2. The zero-order valence-corrected chi connectivity index (χ0v) is 11.3. The summed E-state index contributed by atoms with van der Waals surface area (Å²) in [4.78, 5) is 11.7. The number of ether oxygens (including phenoxy) is 1. The Kier molecular flexibility index (Phi) is 3.57. The number of fused-ring (bicyclic) bond motifs is 1. The molecule has 1 aromatic carbocycles. The second kappa shape index (κ2) is 4.98. The third-order valence-corrected chi connectivity index (χ3v) is 3.41. The van der Waals surface area contributed by atoms with E-state index in [1.807, 2.05) is 25.1 Å². The average molecular weight is 248 g/mol. The summed E-state index contributed by atoms with van der Waals surface area (Å²) in [5.74, 6) is 1.24. The van der Waals surface area contributed by atoms with Crippen molar-refractivity contribution in [2.75, 3.05) is 12.4 Å². The normalized spacial score (nSPS) is 19.6. The van der Waals surface area contributed by atoms with Crippen LogP contribution in [0.2, 0.25) is 0 Å². The number of anilines is 1. The van der Waals surface area contributed by atoms with E-state index in [9.17, 15) is 4.79 Å². The fourth-order valence-electron chi connectivity index (χ4n) is 1.95. The highest BCUT2D eigenvalue weighted by Gasteiger charge is 2.29. The van der Waals surface area contributed by atoms with Gasteiger partial charge in [0.1, 0.15) is 11.8 Å². The second-order valence-electron chi connectivity index (χ2n) is 5.03. The maximum Gasteiger partial charge on any atom is 0.246 e. The standard InChI is InChI=1S/C14H20N2O2/c1-8(2)9(3)18-10-5-6-11-12(7-10)16-14(17)13(11)15-4/h5-9,13,15H,1-4H3,(H,16,17). The molecule has 2 rings (SSSR count). The highest BCUT2D eigenvalue weighted by molar-refractivity contribution is 6.02. The van der Waals surface area contributed by atoms with Gasteiger partial charge in [0.15, 0.2) is 0 Å². The summed E-state index contributed by atoms with van der Waals surface area (Å²) >= 11 is 0. The Bertz CT molecular complexity index is 457. The van der Waals surface area contributed by atoms with Crippen LogP contribution in [0.4, 0.5) is 5.69 Å². The molecule has 0 saturated heterocycles. The first-order valence-corrected chi connectivity index (χ1v) is 6.31. The molecule has 2 N–H and O–H groups in total. The predicted molar refractivity (Wildman–Crippen MR) is 71.8 cm³/mol. The van der Waals surface area contributed by atoms with Gasteiger partial charge >= 0.3 is 0 Å². The first kappa shape index (κ1) is 12.9. The molecule has 1 heterocycles. The third kappa shape index (κ3) is 2.34. The molecular weight excluding hydrogens is 228 g/mol. The molecule has 0 saturated carbocycles. The largest absolute Gasteiger partial charge is 0.490 e. The number of likely N-dealkylation sites (N-methyl/N-ethyl adjacent to an activating group) is 1. The van der Waals surface area contributed by atoms with Crippen molar-refractivity contribution in [2.24, 2.45) is 5.92 Å². The molecule has 0 bridgehead atoms. The van der Waals surface area contributed by atoms with E-state index < -0.39 is 0 Å². The van der Waals surface area contributed by atoms with Crippen LogP contribution in [-0.2, 0) is 4.79 Å². The number of hydrogen-bond acceptors (Lipinski definition) is 3. The van der Waals surface area contributed by atoms with E-state index in [0.29, 0.717) is 5.92 Å². The number of carbonyl (C=O) groups is 1. The van der Waals surface area contributed by atoms with Crippen LogP contribution < -0.4 is 15.4 Å². The maximum absolute atomic E-state index is 11.7. The number of rotatable bonds is 4. The van der Waals surface area contributed by atoms with Crippen LogP contribution in [0.1, 0.15) is 32.4 Å². The lowest BCUT2D eigenvalue weighted by atomic mass is 10.1. The van der Waals surface area contributed by atoms with E-state index in [2.05, 4.69) is 24.5 Å². The minimum atomic E-state index is -0.253. The molecule has 0 aliphatic carbocycles. The molecule has 2 atom stereocenters. The highest BCUT2D eigenvalue weighted by atomic mass is 16.5. The van der Waals surface area contributed by atoms with Crippen LogP contribution in [0.15, 0.2) is 18.2 Å². The zero-order chi connectivity index (χ0) is 13.3. The lowest BCUT2D eigenvalue weighted by Gasteiger charge is -2.18. The molecule has 98 valence electrons. The Morgan fingerprint density at radius 1 is 1.33 bits per heavy atom. The summed E-state index contributed by atoms with van der Waals surface area (Å²) in [6.45, 7) is 6.29. The molecule has 0 aromatic heterocycles. The number of hydrogen-bond donors (Lipinski definition) is 2. The summed E-state index contributed by atoms with van der Waals surface area (Å²) in [6, 6.07) is 5.50. The van der Waals surface area contributed by atoms with Crippen molar-refractivity contribution in [1.82, 2.24) is 5.32 Å². The summed E-state index contributed by atoms with van der Waals surface area (Å²) in [5.41, 5.74) is 1.82. The van der Waals surface area contributed by atoms with Gasteiger partial charge in [-0.1, -0.05) is 19.9 Å². The average Bonchev–Trinajstić information content (AvgIpc) is 2.63. The Balaban J connectivity index is 2.20. The molecule has 4 nitrogen and oxygen atoms in total. The van der Waals surface area contributed by atoms with Crippen LogP contribution in [0.25, 0.3) is 0 Å². The van der Waals surface area contributed by atoms with Gasteiger partial charge in [-0.15, -0.1) is 0 Å². The van der Waals surface area contributed by atoms with Gasteiger partial charge in [-0.3, -0.25) is 4.79 Å². The molecule has 0 radical (unpaired) electrons. The van der Waals surface area contributed by atoms with Crippen LogP contribution in [0.3, 0.4) is 0 Å². The van der Waals surface area contributed by atoms with E-state index in [-0.39, 0.29) is 18.1 Å².